The average Bonchev–Trinajstić information content (AvgIpc) is 2.75. The predicted molar refractivity (Wildman–Crippen MR) is 74.3 cm³/mol. The molecule has 100 valence electrons. The molecule has 0 spiro atoms. The summed E-state index contributed by atoms with van der Waals surface area (Å²) in [5.41, 5.74) is 0. The minimum atomic E-state index is 0.810. The monoisotopic (exact) mass is 238 g/mol. The Morgan fingerprint density at radius 1 is 0.941 bits per heavy atom. The molecule has 2 nitrogen and oxygen atoms in total. The number of hydrogen-bond acceptors (Lipinski definition) is 2. The number of nitrogens with one attached hydrogen (secondary N) is 1. The van der Waals surface area contributed by atoms with Crippen LogP contribution in [0.3, 0.4) is 0 Å². The zero-order chi connectivity index (χ0) is 11.9. The Bertz CT molecular complexity index is 197. The first-order chi connectivity index (χ1) is 8.40. The van der Waals surface area contributed by atoms with Crippen molar-refractivity contribution in [3.05, 3.63) is 0 Å². The van der Waals surface area contributed by atoms with Gasteiger partial charge in [-0.3, -0.25) is 0 Å². The first-order valence-electron chi connectivity index (χ1n) is 7.80. The maximum Gasteiger partial charge on any atom is 0.00928 e. The molecule has 0 aromatic heterocycles. The van der Waals surface area contributed by atoms with Gasteiger partial charge in [0.05, 0.1) is 0 Å². The second-order valence-electron chi connectivity index (χ2n) is 5.98. The molecule has 1 heterocycles. The van der Waals surface area contributed by atoms with Gasteiger partial charge in [0.25, 0.3) is 0 Å². The van der Waals surface area contributed by atoms with Gasteiger partial charge in [0.1, 0.15) is 0 Å². The van der Waals surface area contributed by atoms with Crippen molar-refractivity contribution in [2.45, 2.75) is 63.8 Å². The average molecular weight is 238 g/mol. The molecule has 1 saturated carbocycles. The second kappa shape index (κ2) is 7.38. The zero-order valence-electron chi connectivity index (χ0n) is 11.6. The van der Waals surface area contributed by atoms with E-state index in [1.54, 1.807) is 0 Å². The highest BCUT2D eigenvalue weighted by Gasteiger charge is 2.25. The minimum absolute atomic E-state index is 0.810. The lowest BCUT2D eigenvalue weighted by atomic mass is 9.99. The van der Waals surface area contributed by atoms with Gasteiger partial charge in [0, 0.05) is 6.04 Å². The molecule has 0 aromatic rings. The van der Waals surface area contributed by atoms with Crippen LogP contribution in [0.25, 0.3) is 0 Å². The molecule has 2 heteroatoms. The molecule has 0 bridgehead atoms. The summed E-state index contributed by atoms with van der Waals surface area (Å²) in [5, 5.41) is 3.51. The summed E-state index contributed by atoms with van der Waals surface area (Å²) >= 11 is 0. The Kier molecular flexibility index (Phi) is 5.79. The van der Waals surface area contributed by atoms with Crippen molar-refractivity contribution in [1.82, 2.24) is 10.2 Å². The van der Waals surface area contributed by atoms with Gasteiger partial charge in [-0.2, -0.15) is 0 Å². The van der Waals surface area contributed by atoms with Gasteiger partial charge >= 0.3 is 0 Å². The van der Waals surface area contributed by atoms with Crippen molar-refractivity contribution in [3.63, 3.8) is 0 Å². The Balaban J connectivity index is 1.68. The summed E-state index contributed by atoms with van der Waals surface area (Å²) < 4.78 is 0. The fourth-order valence-electron chi connectivity index (χ4n) is 3.65. The Morgan fingerprint density at radius 2 is 1.65 bits per heavy atom. The lowest BCUT2D eigenvalue weighted by Gasteiger charge is -2.27. The van der Waals surface area contributed by atoms with Crippen molar-refractivity contribution in [3.8, 4) is 0 Å². The SMILES string of the molecule is CNC1CCCC1CCN1CCCCCCC1. The van der Waals surface area contributed by atoms with Crippen LogP contribution in [-0.2, 0) is 0 Å². The van der Waals surface area contributed by atoms with Crippen molar-refractivity contribution in [2.75, 3.05) is 26.7 Å². The van der Waals surface area contributed by atoms with E-state index in [2.05, 4.69) is 17.3 Å². The Hall–Kier alpha value is -0.0800. The van der Waals surface area contributed by atoms with Crippen molar-refractivity contribution >= 4 is 0 Å². The summed E-state index contributed by atoms with van der Waals surface area (Å²) in [5.74, 6) is 0.949. The van der Waals surface area contributed by atoms with Crippen LogP contribution in [0.4, 0.5) is 0 Å². The molecule has 2 fully saturated rings. The van der Waals surface area contributed by atoms with Crippen LogP contribution in [0.2, 0.25) is 0 Å². The standard InChI is InChI=1S/C15H30N2/c1-16-15-9-7-8-14(15)10-13-17-11-5-3-2-4-6-12-17/h14-16H,2-13H2,1H3. The maximum atomic E-state index is 3.51. The molecule has 0 amide bonds. The predicted octanol–water partition coefficient (Wildman–Crippen LogP) is 3.03. The van der Waals surface area contributed by atoms with Crippen LogP contribution < -0.4 is 5.32 Å². The van der Waals surface area contributed by atoms with Crippen molar-refractivity contribution < 1.29 is 0 Å². The number of rotatable bonds is 4. The van der Waals surface area contributed by atoms with Crippen molar-refractivity contribution in [2.24, 2.45) is 5.92 Å². The summed E-state index contributed by atoms with van der Waals surface area (Å²) in [6.07, 6.45) is 13.0. The molecule has 2 rings (SSSR count). The zero-order valence-corrected chi connectivity index (χ0v) is 11.6. The fourth-order valence-corrected chi connectivity index (χ4v) is 3.65. The third-order valence-electron chi connectivity index (χ3n) is 4.79. The highest BCUT2D eigenvalue weighted by Crippen LogP contribution is 2.28. The van der Waals surface area contributed by atoms with E-state index < -0.39 is 0 Å². The lowest BCUT2D eigenvalue weighted by Crippen LogP contribution is -2.34. The largest absolute Gasteiger partial charge is 0.317 e. The van der Waals surface area contributed by atoms with E-state index in [4.69, 9.17) is 0 Å². The van der Waals surface area contributed by atoms with E-state index in [1.807, 2.05) is 0 Å². The summed E-state index contributed by atoms with van der Waals surface area (Å²) in [6, 6.07) is 0.810. The molecule has 17 heavy (non-hydrogen) atoms. The molecular formula is C15H30N2. The van der Waals surface area contributed by atoms with Crippen LogP contribution in [0, 0.1) is 5.92 Å². The highest BCUT2D eigenvalue weighted by atomic mass is 15.1. The molecule has 2 atom stereocenters. The van der Waals surface area contributed by atoms with Gasteiger partial charge in [-0.1, -0.05) is 25.7 Å². The van der Waals surface area contributed by atoms with Crippen LogP contribution in [0.1, 0.15) is 57.8 Å². The molecule has 2 unspecified atom stereocenters. The van der Waals surface area contributed by atoms with Crippen LogP contribution >= 0.6 is 0 Å². The van der Waals surface area contributed by atoms with Crippen LogP contribution in [0.15, 0.2) is 0 Å². The van der Waals surface area contributed by atoms with E-state index in [1.165, 1.54) is 77.4 Å². The molecule has 1 N–H and O–H groups in total. The molecule has 2 aliphatic rings. The van der Waals surface area contributed by atoms with Gasteiger partial charge in [0.15, 0.2) is 0 Å². The third-order valence-corrected chi connectivity index (χ3v) is 4.79. The van der Waals surface area contributed by atoms with Crippen LogP contribution in [-0.4, -0.2) is 37.6 Å². The number of nitrogens with zero attached hydrogens (tertiary/aromatic N) is 1. The third kappa shape index (κ3) is 4.26. The first kappa shape index (κ1) is 13.4. The van der Waals surface area contributed by atoms with Gasteiger partial charge in [-0.05, 0) is 64.7 Å². The first-order valence-corrected chi connectivity index (χ1v) is 7.80. The summed E-state index contributed by atoms with van der Waals surface area (Å²) in [7, 11) is 2.14. The van der Waals surface area contributed by atoms with Gasteiger partial charge in [-0.25, -0.2) is 0 Å². The van der Waals surface area contributed by atoms with E-state index >= 15 is 0 Å². The number of likely N-dealkylation sites (tertiary alicyclic amines) is 1. The minimum Gasteiger partial charge on any atom is -0.317 e. The highest BCUT2D eigenvalue weighted by molar-refractivity contribution is 4.82. The van der Waals surface area contributed by atoms with E-state index in [9.17, 15) is 0 Å². The Morgan fingerprint density at radius 3 is 2.35 bits per heavy atom. The van der Waals surface area contributed by atoms with E-state index in [-0.39, 0.29) is 0 Å². The Labute approximate surface area is 107 Å². The fraction of sp³-hybridized carbons (Fsp3) is 1.00. The maximum absolute atomic E-state index is 3.51. The van der Waals surface area contributed by atoms with E-state index in [0.717, 1.165) is 12.0 Å². The van der Waals surface area contributed by atoms with Crippen molar-refractivity contribution in [1.29, 1.82) is 0 Å². The normalized spacial score (nSPS) is 32.3. The quantitative estimate of drug-likeness (QED) is 0.810. The molecule has 1 aliphatic heterocycles. The molecule has 1 saturated heterocycles. The lowest BCUT2D eigenvalue weighted by molar-refractivity contribution is 0.223. The van der Waals surface area contributed by atoms with Gasteiger partial charge in [0.2, 0.25) is 0 Å². The van der Waals surface area contributed by atoms with E-state index in [0.29, 0.717) is 0 Å². The molecule has 0 radical (unpaired) electrons. The molecule has 0 aromatic carbocycles. The summed E-state index contributed by atoms with van der Waals surface area (Å²) in [6.45, 7) is 4.07. The number of hydrogen-bond donors (Lipinski definition) is 1. The molecular weight excluding hydrogens is 208 g/mol. The van der Waals surface area contributed by atoms with Gasteiger partial charge in [-0.15, -0.1) is 0 Å². The second-order valence-corrected chi connectivity index (χ2v) is 5.98. The van der Waals surface area contributed by atoms with Crippen LogP contribution in [0.5, 0.6) is 0 Å². The van der Waals surface area contributed by atoms with Gasteiger partial charge < -0.3 is 10.2 Å². The molecule has 1 aliphatic carbocycles. The summed E-state index contributed by atoms with van der Waals surface area (Å²) in [4.78, 5) is 2.73. The smallest absolute Gasteiger partial charge is 0.00928 e. The topological polar surface area (TPSA) is 15.3 Å².